The molecule has 0 atom stereocenters. The summed E-state index contributed by atoms with van der Waals surface area (Å²) < 4.78 is 10.1. The van der Waals surface area contributed by atoms with Crippen LogP contribution in [0.25, 0.3) is 0 Å². The third-order valence-electron chi connectivity index (χ3n) is 1.41. The molecule has 0 N–H and O–H groups in total. The second kappa shape index (κ2) is 2.62. The minimum Gasteiger partial charge on any atom is -0.455 e. The average molecular weight is 149 g/mol. The fourth-order valence-corrected chi connectivity index (χ4v) is 0.908. The van der Waals surface area contributed by atoms with Crippen LogP contribution in [0.3, 0.4) is 0 Å². The van der Waals surface area contributed by atoms with Crippen LogP contribution in [0.1, 0.15) is 0 Å². The van der Waals surface area contributed by atoms with E-state index in [9.17, 15) is 0 Å². The number of benzene rings is 1. The van der Waals surface area contributed by atoms with E-state index in [1.54, 1.807) is 0 Å². The minimum absolute atomic E-state index is 0.237. The fourth-order valence-electron chi connectivity index (χ4n) is 0.908. The molecule has 56 valence electrons. The Morgan fingerprint density at radius 2 is 2.18 bits per heavy atom. The molecule has 0 bridgehead atoms. The van der Waals surface area contributed by atoms with Crippen molar-refractivity contribution in [2.75, 3.05) is 6.79 Å². The van der Waals surface area contributed by atoms with Gasteiger partial charge in [-0.25, -0.2) is 4.99 Å². The van der Waals surface area contributed by atoms with Crippen LogP contribution in [-0.2, 0) is 4.74 Å². The van der Waals surface area contributed by atoms with Gasteiger partial charge in [-0.2, -0.15) is 0 Å². The van der Waals surface area contributed by atoms with Crippen LogP contribution in [-0.4, -0.2) is 13.2 Å². The van der Waals surface area contributed by atoms with Gasteiger partial charge in [-0.1, -0.05) is 12.1 Å². The lowest BCUT2D eigenvalue weighted by Gasteiger charge is -2.01. The number of aliphatic imine (C=N–C) groups is 1. The standard InChI is InChI=1S/C8H7NO2/c1-2-4-8-7(3-1)9-5-10-6-11-8/h1-5H,6H2. The highest BCUT2D eigenvalue weighted by atomic mass is 16.7. The van der Waals surface area contributed by atoms with Gasteiger partial charge in [0.2, 0.25) is 6.79 Å². The summed E-state index contributed by atoms with van der Waals surface area (Å²) in [7, 11) is 0. The summed E-state index contributed by atoms with van der Waals surface area (Å²) in [5, 5.41) is 0. The van der Waals surface area contributed by atoms with Gasteiger partial charge in [0.05, 0.1) is 0 Å². The highest BCUT2D eigenvalue weighted by Gasteiger charge is 2.02. The van der Waals surface area contributed by atoms with Gasteiger partial charge < -0.3 is 9.47 Å². The second-order valence-corrected chi connectivity index (χ2v) is 2.13. The molecule has 0 saturated carbocycles. The first kappa shape index (κ1) is 6.22. The molecule has 0 fully saturated rings. The summed E-state index contributed by atoms with van der Waals surface area (Å²) in [6.45, 7) is 0.237. The molecule has 0 aliphatic carbocycles. The molecule has 0 amide bonds. The fraction of sp³-hybridized carbons (Fsp3) is 0.125. The van der Waals surface area contributed by atoms with E-state index in [0.29, 0.717) is 0 Å². The van der Waals surface area contributed by atoms with Gasteiger partial charge in [0, 0.05) is 0 Å². The molecule has 1 heterocycles. The Bertz CT molecular complexity index is 283. The molecule has 1 aromatic carbocycles. The van der Waals surface area contributed by atoms with E-state index in [0.717, 1.165) is 11.4 Å². The van der Waals surface area contributed by atoms with Crippen LogP contribution in [0, 0.1) is 0 Å². The molecule has 1 aromatic rings. The van der Waals surface area contributed by atoms with Gasteiger partial charge in [-0.3, -0.25) is 0 Å². The zero-order valence-electron chi connectivity index (χ0n) is 5.86. The number of nitrogens with zero attached hydrogens (tertiary/aromatic N) is 1. The van der Waals surface area contributed by atoms with Crippen molar-refractivity contribution in [3.63, 3.8) is 0 Å². The SMILES string of the molecule is C1=Nc2ccccc2OCO1. The third kappa shape index (κ3) is 1.17. The minimum atomic E-state index is 0.237. The lowest BCUT2D eigenvalue weighted by atomic mass is 10.3. The molecule has 2 rings (SSSR count). The normalized spacial score (nSPS) is 14.2. The van der Waals surface area contributed by atoms with Gasteiger partial charge in [-0.05, 0) is 12.1 Å². The largest absolute Gasteiger partial charge is 0.455 e. The van der Waals surface area contributed by atoms with Crippen LogP contribution in [0.5, 0.6) is 5.75 Å². The molecule has 11 heavy (non-hydrogen) atoms. The zero-order valence-corrected chi connectivity index (χ0v) is 5.86. The highest BCUT2D eigenvalue weighted by Crippen LogP contribution is 2.27. The topological polar surface area (TPSA) is 30.8 Å². The molecule has 0 aromatic heterocycles. The Hall–Kier alpha value is -1.51. The van der Waals surface area contributed by atoms with Crippen LogP contribution in [0.4, 0.5) is 5.69 Å². The molecule has 1 aliphatic rings. The molecule has 3 heteroatoms. The number of hydrogen-bond acceptors (Lipinski definition) is 3. The van der Waals surface area contributed by atoms with Crippen molar-refractivity contribution >= 4 is 12.1 Å². The molecular weight excluding hydrogens is 142 g/mol. The van der Waals surface area contributed by atoms with Crippen LogP contribution < -0.4 is 4.74 Å². The second-order valence-electron chi connectivity index (χ2n) is 2.13. The van der Waals surface area contributed by atoms with Gasteiger partial charge in [0.1, 0.15) is 11.4 Å². The van der Waals surface area contributed by atoms with E-state index in [-0.39, 0.29) is 6.79 Å². The van der Waals surface area contributed by atoms with Crippen molar-refractivity contribution in [1.82, 2.24) is 0 Å². The summed E-state index contributed by atoms with van der Waals surface area (Å²) in [5.74, 6) is 0.765. The van der Waals surface area contributed by atoms with Crippen molar-refractivity contribution in [3.05, 3.63) is 24.3 Å². The van der Waals surface area contributed by atoms with Gasteiger partial charge >= 0.3 is 0 Å². The van der Waals surface area contributed by atoms with Crippen LogP contribution >= 0.6 is 0 Å². The summed E-state index contributed by atoms with van der Waals surface area (Å²) in [5.41, 5.74) is 0.810. The Balaban J connectivity index is 2.45. The van der Waals surface area contributed by atoms with Gasteiger partial charge in [-0.15, -0.1) is 0 Å². The monoisotopic (exact) mass is 149 g/mol. The van der Waals surface area contributed by atoms with Crippen LogP contribution in [0.15, 0.2) is 29.3 Å². The first-order valence-corrected chi connectivity index (χ1v) is 3.33. The number of para-hydroxylation sites is 2. The quantitative estimate of drug-likeness (QED) is 0.562. The molecule has 0 spiro atoms. The number of hydrogen-bond donors (Lipinski definition) is 0. The number of ether oxygens (including phenoxy) is 2. The Morgan fingerprint density at radius 3 is 3.18 bits per heavy atom. The average Bonchev–Trinajstić information content (AvgIpc) is 2.28. The smallest absolute Gasteiger partial charge is 0.232 e. The van der Waals surface area contributed by atoms with E-state index in [1.807, 2.05) is 24.3 Å². The maximum Gasteiger partial charge on any atom is 0.232 e. The first-order chi connectivity index (χ1) is 5.47. The lowest BCUT2D eigenvalue weighted by Crippen LogP contribution is -1.97. The van der Waals surface area contributed by atoms with Gasteiger partial charge in [0.15, 0.2) is 6.40 Å². The highest BCUT2D eigenvalue weighted by molar-refractivity contribution is 5.62. The summed E-state index contributed by atoms with van der Waals surface area (Å²) in [6.07, 6.45) is 1.39. The Labute approximate surface area is 64.3 Å². The molecule has 3 nitrogen and oxygen atoms in total. The maximum absolute atomic E-state index is 5.20. The number of fused-ring (bicyclic) bond motifs is 1. The van der Waals surface area contributed by atoms with E-state index in [1.165, 1.54) is 6.40 Å². The van der Waals surface area contributed by atoms with Crippen molar-refractivity contribution in [3.8, 4) is 5.75 Å². The first-order valence-electron chi connectivity index (χ1n) is 3.33. The van der Waals surface area contributed by atoms with Crippen molar-refractivity contribution in [2.45, 2.75) is 0 Å². The molecule has 0 unspecified atom stereocenters. The van der Waals surface area contributed by atoms with Crippen LogP contribution in [0.2, 0.25) is 0 Å². The van der Waals surface area contributed by atoms with E-state index in [4.69, 9.17) is 9.47 Å². The lowest BCUT2D eigenvalue weighted by molar-refractivity contribution is 0.121. The molecule has 0 radical (unpaired) electrons. The van der Waals surface area contributed by atoms with Gasteiger partial charge in [0.25, 0.3) is 0 Å². The maximum atomic E-state index is 5.20. The predicted molar refractivity (Wildman–Crippen MR) is 41.2 cm³/mol. The zero-order chi connectivity index (χ0) is 7.52. The number of rotatable bonds is 0. The summed E-state index contributed by atoms with van der Waals surface area (Å²) in [6, 6.07) is 7.55. The van der Waals surface area contributed by atoms with E-state index < -0.39 is 0 Å². The molecule has 0 saturated heterocycles. The Morgan fingerprint density at radius 1 is 1.27 bits per heavy atom. The van der Waals surface area contributed by atoms with Crippen molar-refractivity contribution < 1.29 is 9.47 Å². The third-order valence-corrected chi connectivity index (χ3v) is 1.41. The molecular formula is C8H7NO2. The van der Waals surface area contributed by atoms with E-state index in [2.05, 4.69) is 4.99 Å². The molecule has 1 aliphatic heterocycles. The predicted octanol–water partition coefficient (Wildman–Crippen LogP) is 1.71. The van der Waals surface area contributed by atoms with E-state index >= 15 is 0 Å². The summed E-state index contributed by atoms with van der Waals surface area (Å²) in [4.78, 5) is 4.01. The van der Waals surface area contributed by atoms with Crippen molar-refractivity contribution in [1.29, 1.82) is 0 Å². The summed E-state index contributed by atoms with van der Waals surface area (Å²) >= 11 is 0. The van der Waals surface area contributed by atoms with Crippen molar-refractivity contribution in [2.24, 2.45) is 4.99 Å². The Kier molecular flexibility index (Phi) is 1.48.